The third-order valence-corrected chi connectivity index (χ3v) is 2.67. The Labute approximate surface area is 97.9 Å². The van der Waals surface area contributed by atoms with Crippen LogP contribution >= 0.6 is 11.6 Å². The van der Waals surface area contributed by atoms with Gasteiger partial charge >= 0.3 is 0 Å². The van der Waals surface area contributed by atoms with Crippen LogP contribution in [0.25, 0.3) is 10.9 Å². The second-order valence-electron chi connectivity index (χ2n) is 3.65. The van der Waals surface area contributed by atoms with Gasteiger partial charge in [-0.3, -0.25) is 9.36 Å². The maximum Gasteiger partial charge on any atom is 0.263 e. The zero-order chi connectivity index (χ0) is 11.7. The van der Waals surface area contributed by atoms with Crippen LogP contribution in [0.5, 0.6) is 0 Å². The van der Waals surface area contributed by atoms with Crippen LogP contribution in [0.2, 0.25) is 5.28 Å². The molecule has 0 radical (unpaired) electrons. The van der Waals surface area contributed by atoms with E-state index < -0.39 is 0 Å². The largest absolute Gasteiger partial charge is 0.302 e. The Morgan fingerprint density at radius 2 is 2.25 bits per heavy atom. The summed E-state index contributed by atoms with van der Waals surface area (Å²) in [6.07, 6.45) is 0. The minimum Gasteiger partial charge on any atom is -0.302 e. The second kappa shape index (κ2) is 4.23. The highest BCUT2D eigenvalue weighted by Gasteiger charge is 2.08. The summed E-state index contributed by atoms with van der Waals surface area (Å²) >= 11 is 5.94. The molecule has 0 amide bonds. The van der Waals surface area contributed by atoms with Crippen molar-refractivity contribution >= 4 is 22.5 Å². The van der Waals surface area contributed by atoms with Crippen LogP contribution in [-0.2, 0) is 6.67 Å². The zero-order valence-corrected chi connectivity index (χ0v) is 9.88. The lowest BCUT2D eigenvalue weighted by molar-refractivity contribution is 0.594. The van der Waals surface area contributed by atoms with Crippen molar-refractivity contribution in [1.82, 2.24) is 14.9 Å². The van der Waals surface area contributed by atoms with Gasteiger partial charge in [0.15, 0.2) is 0 Å². The van der Waals surface area contributed by atoms with Gasteiger partial charge in [0.2, 0.25) is 5.28 Å². The summed E-state index contributed by atoms with van der Waals surface area (Å²) in [5.74, 6) is 0. The number of aromatic nitrogens is 2. The molecule has 0 aliphatic carbocycles. The normalized spacial score (nSPS) is 10.9. The van der Waals surface area contributed by atoms with Crippen molar-refractivity contribution in [2.75, 3.05) is 7.05 Å². The van der Waals surface area contributed by atoms with Crippen LogP contribution in [0, 0.1) is 6.92 Å². The summed E-state index contributed by atoms with van der Waals surface area (Å²) in [5.41, 5.74) is 1.55. The monoisotopic (exact) mass is 237 g/mol. The second-order valence-corrected chi connectivity index (χ2v) is 3.98. The van der Waals surface area contributed by atoms with E-state index in [2.05, 4.69) is 10.3 Å². The third-order valence-electron chi connectivity index (χ3n) is 2.38. The Bertz CT molecular complexity index is 592. The standard InChI is InChI=1S/C11H12ClN3O/c1-7-3-4-9-8(5-7)10(16)15(6-13-2)11(12)14-9/h3-5,13H,6H2,1-2H3. The van der Waals surface area contributed by atoms with E-state index in [1.165, 1.54) is 4.57 Å². The summed E-state index contributed by atoms with van der Waals surface area (Å²) < 4.78 is 1.41. The van der Waals surface area contributed by atoms with Crippen LogP contribution in [-0.4, -0.2) is 16.6 Å². The lowest BCUT2D eigenvalue weighted by atomic mass is 10.2. The number of hydrogen-bond acceptors (Lipinski definition) is 3. The Hall–Kier alpha value is -1.39. The quantitative estimate of drug-likeness (QED) is 0.806. The van der Waals surface area contributed by atoms with E-state index in [1.54, 1.807) is 7.05 Å². The first-order valence-corrected chi connectivity index (χ1v) is 5.32. The van der Waals surface area contributed by atoms with Crippen LogP contribution in [0.4, 0.5) is 0 Å². The summed E-state index contributed by atoms with van der Waals surface area (Å²) in [5, 5.41) is 3.68. The van der Waals surface area contributed by atoms with Gasteiger partial charge < -0.3 is 5.32 Å². The maximum absolute atomic E-state index is 12.1. The van der Waals surface area contributed by atoms with E-state index in [-0.39, 0.29) is 10.8 Å². The number of hydrogen-bond donors (Lipinski definition) is 1. The molecule has 1 aromatic heterocycles. The Kier molecular flexibility index (Phi) is 2.94. The van der Waals surface area contributed by atoms with Gasteiger partial charge in [-0.05, 0) is 37.7 Å². The molecule has 0 aliphatic rings. The van der Waals surface area contributed by atoms with Crippen molar-refractivity contribution in [1.29, 1.82) is 0 Å². The minimum absolute atomic E-state index is 0.118. The molecule has 16 heavy (non-hydrogen) atoms. The lowest BCUT2D eigenvalue weighted by Crippen LogP contribution is -2.27. The molecular weight excluding hydrogens is 226 g/mol. The van der Waals surface area contributed by atoms with Gasteiger partial charge in [-0.1, -0.05) is 11.6 Å². The fourth-order valence-corrected chi connectivity index (χ4v) is 1.83. The van der Waals surface area contributed by atoms with E-state index in [4.69, 9.17) is 11.6 Å². The first-order valence-electron chi connectivity index (χ1n) is 4.95. The van der Waals surface area contributed by atoms with Crippen molar-refractivity contribution in [3.63, 3.8) is 0 Å². The number of fused-ring (bicyclic) bond motifs is 1. The van der Waals surface area contributed by atoms with E-state index >= 15 is 0 Å². The van der Waals surface area contributed by atoms with Crippen LogP contribution < -0.4 is 10.9 Å². The van der Waals surface area contributed by atoms with E-state index in [0.717, 1.165) is 5.56 Å². The van der Waals surface area contributed by atoms with Gasteiger partial charge in [0.05, 0.1) is 17.6 Å². The molecule has 1 aromatic carbocycles. The van der Waals surface area contributed by atoms with Crippen molar-refractivity contribution < 1.29 is 0 Å². The summed E-state index contributed by atoms with van der Waals surface area (Å²) in [4.78, 5) is 16.3. The topological polar surface area (TPSA) is 46.9 Å². The number of aryl methyl sites for hydroxylation is 1. The van der Waals surface area contributed by atoms with Crippen LogP contribution in [0.3, 0.4) is 0 Å². The number of nitrogens with one attached hydrogen (secondary N) is 1. The zero-order valence-electron chi connectivity index (χ0n) is 9.12. The molecule has 1 heterocycles. The molecule has 0 bridgehead atoms. The molecule has 84 valence electrons. The maximum atomic E-state index is 12.1. The number of halogens is 1. The average Bonchev–Trinajstić information content (AvgIpc) is 2.26. The number of nitrogens with zero attached hydrogens (tertiary/aromatic N) is 2. The molecule has 2 rings (SSSR count). The third kappa shape index (κ3) is 1.81. The Morgan fingerprint density at radius 3 is 2.94 bits per heavy atom. The number of rotatable bonds is 2. The fourth-order valence-electron chi connectivity index (χ4n) is 1.60. The van der Waals surface area contributed by atoms with Gasteiger partial charge in [-0.15, -0.1) is 0 Å². The molecular formula is C11H12ClN3O. The van der Waals surface area contributed by atoms with Crippen molar-refractivity contribution in [3.05, 3.63) is 39.4 Å². The Morgan fingerprint density at radius 1 is 1.50 bits per heavy atom. The average molecular weight is 238 g/mol. The molecule has 0 atom stereocenters. The Balaban J connectivity index is 2.80. The van der Waals surface area contributed by atoms with Crippen molar-refractivity contribution in [2.45, 2.75) is 13.6 Å². The van der Waals surface area contributed by atoms with Gasteiger partial charge in [0, 0.05) is 0 Å². The van der Waals surface area contributed by atoms with Gasteiger partial charge in [-0.25, -0.2) is 4.98 Å². The number of benzene rings is 1. The first-order chi connectivity index (χ1) is 7.63. The lowest BCUT2D eigenvalue weighted by Gasteiger charge is -2.08. The first kappa shape index (κ1) is 11.1. The minimum atomic E-state index is -0.118. The van der Waals surface area contributed by atoms with Gasteiger partial charge in [0.1, 0.15) is 0 Å². The summed E-state index contributed by atoms with van der Waals surface area (Å²) in [7, 11) is 1.75. The van der Waals surface area contributed by atoms with Gasteiger partial charge in [-0.2, -0.15) is 0 Å². The molecule has 5 heteroatoms. The smallest absolute Gasteiger partial charge is 0.263 e. The highest BCUT2D eigenvalue weighted by molar-refractivity contribution is 6.28. The molecule has 0 saturated heterocycles. The molecule has 0 unspecified atom stereocenters. The molecule has 2 aromatic rings. The molecule has 0 fully saturated rings. The predicted molar refractivity (Wildman–Crippen MR) is 64.8 cm³/mol. The highest BCUT2D eigenvalue weighted by atomic mass is 35.5. The molecule has 4 nitrogen and oxygen atoms in total. The van der Waals surface area contributed by atoms with E-state index in [0.29, 0.717) is 17.6 Å². The molecule has 0 spiro atoms. The SMILES string of the molecule is CNCn1c(Cl)nc2ccc(C)cc2c1=O. The van der Waals surface area contributed by atoms with E-state index in [9.17, 15) is 4.79 Å². The van der Waals surface area contributed by atoms with Crippen LogP contribution in [0.15, 0.2) is 23.0 Å². The van der Waals surface area contributed by atoms with Crippen molar-refractivity contribution in [3.8, 4) is 0 Å². The fraction of sp³-hybridized carbons (Fsp3) is 0.273. The molecule has 1 N–H and O–H groups in total. The summed E-state index contributed by atoms with van der Waals surface area (Å²) in [6, 6.07) is 5.54. The predicted octanol–water partition coefficient (Wildman–Crippen LogP) is 1.54. The van der Waals surface area contributed by atoms with Gasteiger partial charge in [0.25, 0.3) is 5.56 Å². The summed E-state index contributed by atoms with van der Waals surface area (Å²) in [6.45, 7) is 2.30. The van der Waals surface area contributed by atoms with Crippen LogP contribution in [0.1, 0.15) is 5.56 Å². The van der Waals surface area contributed by atoms with Crippen molar-refractivity contribution in [2.24, 2.45) is 0 Å². The molecule has 0 aliphatic heterocycles. The molecule has 0 saturated carbocycles. The van der Waals surface area contributed by atoms with E-state index in [1.807, 2.05) is 25.1 Å². The highest BCUT2D eigenvalue weighted by Crippen LogP contribution is 2.12.